The molecular formula is C32H24N3OP. The number of ketones is 1. The molecule has 0 aliphatic rings. The van der Waals surface area contributed by atoms with Crippen molar-refractivity contribution in [3.63, 3.8) is 0 Å². The van der Waals surface area contributed by atoms with Crippen molar-refractivity contribution in [1.29, 1.82) is 0 Å². The van der Waals surface area contributed by atoms with Crippen molar-refractivity contribution in [1.82, 2.24) is 15.0 Å². The fourth-order valence-corrected chi connectivity index (χ4v) is 9.26. The zero-order valence-corrected chi connectivity index (χ0v) is 20.9. The molecule has 0 unspecified atom stereocenters. The maximum Gasteiger partial charge on any atom is 0.212 e. The molecule has 4 nitrogen and oxygen atoms in total. The van der Waals surface area contributed by atoms with Gasteiger partial charge in [0.2, 0.25) is 5.78 Å². The summed E-state index contributed by atoms with van der Waals surface area (Å²) in [7, 11) is 0. The Morgan fingerprint density at radius 3 is 1.49 bits per heavy atom. The molecule has 6 aromatic rings. The predicted molar refractivity (Wildman–Crippen MR) is 154 cm³/mol. The summed E-state index contributed by atoms with van der Waals surface area (Å²) in [6, 6.07) is 48.3. The van der Waals surface area contributed by atoms with Crippen molar-refractivity contribution < 1.29 is 4.79 Å². The summed E-state index contributed by atoms with van der Waals surface area (Å²) in [5, 5.41) is 12.3. The number of rotatable bonds is 6. The monoisotopic (exact) mass is 497 g/mol. The van der Waals surface area contributed by atoms with Gasteiger partial charge in [0, 0.05) is 12.4 Å². The first-order valence-corrected chi connectivity index (χ1v) is 13.9. The molecule has 5 heteroatoms. The Morgan fingerprint density at radius 2 is 0.973 bits per heavy atom. The number of carbonyl (C=O) groups is 1. The zero-order chi connectivity index (χ0) is 25.1. The number of Topliss-reactive ketones (excluding diaryl/α,β-unsaturated/α-hetero) is 1. The van der Waals surface area contributed by atoms with E-state index in [1.54, 1.807) is 4.68 Å². The van der Waals surface area contributed by atoms with Crippen LogP contribution >= 0.6 is 6.89 Å². The molecule has 0 bridgehead atoms. The summed E-state index contributed by atoms with van der Waals surface area (Å²) in [4.78, 5) is 14.8. The van der Waals surface area contributed by atoms with Crippen molar-refractivity contribution in [3.8, 4) is 0 Å². The minimum absolute atomic E-state index is 0.0684. The highest BCUT2D eigenvalue weighted by Crippen LogP contribution is 2.47. The van der Waals surface area contributed by atoms with Gasteiger partial charge in [0.25, 0.3) is 0 Å². The molecule has 0 aliphatic heterocycles. The van der Waals surface area contributed by atoms with Gasteiger partial charge >= 0.3 is 0 Å². The Morgan fingerprint density at radius 1 is 0.541 bits per heavy atom. The van der Waals surface area contributed by atoms with Crippen molar-refractivity contribution in [2.45, 2.75) is 0 Å². The van der Waals surface area contributed by atoms with Gasteiger partial charge in [-0.3, -0.25) is 4.79 Å². The van der Waals surface area contributed by atoms with E-state index in [0.29, 0.717) is 11.0 Å². The Bertz CT molecular complexity index is 1630. The van der Waals surface area contributed by atoms with E-state index in [0.717, 1.165) is 26.9 Å². The summed E-state index contributed by atoms with van der Waals surface area (Å²) in [5.74, 6) is -0.0684. The van der Waals surface area contributed by atoms with Crippen LogP contribution in [0.25, 0.3) is 11.0 Å². The number of hydrogen-bond donors (Lipinski definition) is 0. The third kappa shape index (κ3) is 3.92. The lowest BCUT2D eigenvalue weighted by Gasteiger charge is -2.32. The first kappa shape index (κ1) is 22.9. The van der Waals surface area contributed by atoms with Gasteiger partial charge in [0.15, 0.2) is 0 Å². The fourth-order valence-electron chi connectivity index (χ4n) is 4.90. The summed E-state index contributed by atoms with van der Waals surface area (Å²) in [5.41, 5.74) is 2.77. The van der Waals surface area contributed by atoms with Crippen molar-refractivity contribution in [2.75, 3.05) is 0 Å². The van der Waals surface area contributed by atoms with Crippen LogP contribution in [0.4, 0.5) is 0 Å². The van der Waals surface area contributed by atoms with Gasteiger partial charge in [0.1, 0.15) is 10.9 Å². The van der Waals surface area contributed by atoms with E-state index in [2.05, 4.69) is 46.7 Å². The van der Waals surface area contributed by atoms with Crippen molar-refractivity contribution in [3.05, 3.63) is 151 Å². The summed E-state index contributed by atoms with van der Waals surface area (Å²) in [6.45, 7) is -2.75. The van der Waals surface area contributed by atoms with Gasteiger partial charge in [-0.2, -0.15) is 0 Å². The Hall–Kier alpha value is -4.53. The molecular weight excluding hydrogens is 473 g/mol. The van der Waals surface area contributed by atoms with E-state index in [1.807, 2.05) is 109 Å². The van der Waals surface area contributed by atoms with Crippen molar-refractivity contribution in [2.24, 2.45) is 0 Å². The lowest BCUT2D eigenvalue weighted by atomic mass is 10.1. The standard InChI is InChI=1S/C32H24N3OP/c36-31(25-15-5-1-6-16-25)32(35-30-24-14-13-23-29(30)33-34-35)37(26-17-7-2-8-18-26,27-19-9-3-10-20-27)28-21-11-4-12-22-28/h1-24H. The highest BCUT2D eigenvalue weighted by molar-refractivity contribution is 7.96. The van der Waals surface area contributed by atoms with Gasteiger partial charge in [0.05, 0.1) is 5.52 Å². The fraction of sp³-hybridized carbons (Fsp3) is 0. The SMILES string of the molecule is O=C(C(n1nnc2ccccc21)=P(c1ccccc1)(c1ccccc1)c1ccccc1)c1ccccc1. The topological polar surface area (TPSA) is 47.8 Å². The lowest BCUT2D eigenvalue weighted by molar-refractivity contribution is 0.106. The number of carbonyl (C=O) groups excluding carboxylic acids is 1. The van der Waals surface area contributed by atoms with Crippen LogP contribution in [0.2, 0.25) is 0 Å². The van der Waals surface area contributed by atoms with Crippen LogP contribution in [0.5, 0.6) is 0 Å². The average molecular weight is 498 g/mol. The number of para-hydroxylation sites is 1. The molecule has 5 aromatic carbocycles. The Labute approximate surface area is 215 Å². The first-order chi connectivity index (χ1) is 18.3. The largest absolute Gasteiger partial charge is 0.287 e. The molecule has 0 radical (unpaired) electrons. The molecule has 178 valence electrons. The summed E-state index contributed by atoms with van der Waals surface area (Å²) < 4.78 is 1.78. The second-order valence-corrected chi connectivity index (χ2v) is 12.0. The number of hydrogen-bond acceptors (Lipinski definition) is 3. The minimum atomic E-state index is -2.75. The smallest absolute Gasteiger partial charge is 0.212 e. The number of benzene rings is 5. The molecule has 6 rings (SSSR count). The number of fused-ring (bicyclic) bond motifs is 1. The number of nitrogens with zero attached hydrogens (tertiary/aromatic N) is 3. The highest BCUT2D eigenvalue weighted by atomic mass is 31.2. The third-order valence-electron chi connectivity index (χ3n) is 6.54. The Kier molecular flexibility index (Phi) is 6.10. The molecule has 0 aliphatic carbocycles. The minimum Gasteiger partial charge on any atom is -0.287 e. The lowest BCUT2D eigenvalue weighted by Crippen LogP contribution is -2.37. The molecule has 0 atom stereocenters. The molecule has 37 heavy (non-hydrogen) atoms. The predicted octanol–water partition coefficient (Wildman–Crippen LogP) is 5.29. The van der Waals surface area contributed by atoms with Crippen LogP contribution in [0.1, 0.15) is 10.4 Å². The second kappa shape index (κ2) is 9.85. The molecule has 1 aromatic heterocycles. The van der Waals surface area contributed by atoms with E-state index in [4.69, 9.17) is 0 Å². The van der Waals surface area contributed by atoms with E-state index >= 15 is 0 Å². The van der Waals surface area contributed by atoms with Crippen LogP contribution in [0.3, 0.4) is 0 Å². The van der Waals surface area contributed by atoms with Crippen LogP contribution in [-0.2, 0) is 0 Å². The van der Waals surface area contributed by atoms with Gasteiger partial charge in [-0.05, 0) is 28.0 Å². The third-order valence-corrected chi connectivity index (χ3v) is 10.8. The summed E-state index contributed by atoms with van der Waals surface area (Å²) >= 11 is 0. The molecule has 0 saturated carbocycles. The van der Waals surface area contributed by atoms with Gasteiger partial charge in [-0.15, -0.1) is 5.10 Å². The molecule has 0 fully saturated rings. The molecule has 0 spiro atoms. The molecule has 0 N–H and O–H groups in total. The van der Waals surface area contributed by atoms with E-state index in [9.17, 15) is 4.79 Å². The maximum absolute atomic E-state index is 14.8. The van der Waals surface area contributed by atoms with E-state index < -0.39 is 6.89 Å². The molecule has 1 heterocycles. The van der Waals surface area contributed by atoms with Crippen LogP contribution in [0, 0.1) is 0 Å². The Balaban J connectivity index is 1.90. The van der Waals surface area contributed by atoms with Gasteiger partial charge in [-0.1, -0.05) is 139 Å². The average Bonchev–Trinajstić information content (AvgIpc) is 3.41. The first-order valence-electron chi connectivity index (χ1n) is 12.1. The van der Waals surface area contributed by atoms with E-state index in [1.165, 1.54) is 0 Å². The van der Waals surface area contributed by atoms with Crippen LogP contribution in [0.15, 0.2) is 146 Å². The normalized spacial score (nSPS) is 11.4. The maximum atomic E-state index is 14.8. The van der Waals surface area contributed by atoms with Gasteiger partial charge < -0.3 is 0 Å². The van der Waals surface area contributed by atoms with Gasteiger partial charge in [-0.25, -0.2) is 4.68 Å². The second-order valence-electron chi connectivity index (χ2n) is 8.69. The highest BCUT2D eigenvalue weighted by Gasteiger charge is 2.36. The van der Waals surface area contributed by atoms with E-state index in [-0.39, 0.29) is 5.78 Å². The molecule has 0 amide bonds. The van der Waals surface area contributed by atoms with Crippen molar-refractivity contribution >= 4 is 45.0 Å². The zero-order valence-electron chi connectivity index (χ0n) is 20.1. The molecule has 0 saturated heterocycles. The van der Waals surface area contributed by atoms with Crippen LogP contribution in [-0.4, -0.2) is 26.2 Å². The number of aromatic nitrogens is 3. The summed E-state index contributed by atoms with van der Waals surface area (Å²) in [6.07, 6.45) is 0. The quantitative estimate of drug-likeness (QED) is 0.232. The van der Waals surface area contributed by atoms with Crippen LogP contribution < -0.4 is 15.9 Å².